The van der Waals surface area contributed by atoms with Crippen LogP contribution in [0.3, 0.4) is 0 Å². The molecule has 0 atom stereocenters. The second kappa shape index (κ2) is 8.43. The number of carbonyl (C=O) groups is 2. The predicted molar refractivity (Wildman–Crippen MR) is 105 cm³/mol. The molecule has 12 heteroatoms. The molecule has 34 heavy (non-hydrogen) atoms. The molecule has 2 amide bonds. The molecule has 1 aliphatic heterocycles. The van der Waals surface area contributed by atoms with Gasteiger partial charge in [-0.15, -0.1) is 0 Å². The summed E-state index contributed by atoms with van der Waals surface area (Å²) in [6.07, 6.45) is -5.18. The Hall–Kier alpha value is -3.96. The van der Waals surface area contributed by atoms with Crippen LogP contribution in [-0.4, -0.2) is 40.9 Å². The van der Waals surface area contributed by atoms with Crippen LogP contribution in [0.1, 0.15) is 21.7 Å². The zero-order valence-corrected chi connectivity index (χ0v) is 17.2. The first kappa shape index (κ1) is 23.2. The SMILES string of the molecule is O=C([O-])NCc1ccc(-c2ccc(-c3ccc(C(=O)N4CC(F)(F)C4)cn3)cc2C(F)(F)F)o1. The number of carboxylic acid groups (broad SMARTS) is 1. The summed E-state index contributed by atoms with van der Waals surface area (Å²) in [6, 6.07) is 8.71. The summed E-state index contributed by atoms with van der Waals surface area (Å²) < 4.78 is 72.6. The van der Waals surface area contributed by atoms with Crippen molar-refractivity contribution in [3.63, 3.8) is 0 Å². The molecule has 1 fully saturated rings. The first-order chi connectivity index (χ1) is 15.9. The number of nitrogens with zero attached hydrogens (tertiary/aromatic N) is 2. The lowest BCUT2D eigenvalue weighted by Crippen LogP contribution is -2.58. The first-order valence-corrected chi connectivity index (χ1v) is 9.82. The molecule has 1 aromatic carbocycles. The number of hydrogen-bond acceptors (Lipinski definition) is 5. The van der Waals surface area contributed by atoms with E-state index in [4.69, 9.17) is 4.42 Å². The average molecular weight is 480 g/mol. The Morgan fingerprint density at radius 3 is 2.44 bits per heavy atom. The quantitative estimate of drug-likeness (QED) is 0.564. The van der Waals surface area contributed by atoms with Crippen LogP contribution in [0.4, 0.5) is 26.7 Å². The molecule has 0 unspecified atom stereocenters. The zero-order valence-electron chi connectivity index (χ0n) is 17.2. The predicted octanol–water partition coefficient (Wildman–Crippen LogP) is 3.55. The second-order valence-corrected chi connectivity index (χ2v) is 7.61. The van der Waals surface area contributed by atoms with Gasteiger partial charge in [0.25, 0.3) is 11.8 Å². The van der Waals surface area contributed by atoms with Gasteiger partial charge in [-0.25, -0.2) is 8.78 Å². The highest BCUT2D eigenvalue weighted by Gasteiger charge is 2.46. The first-order valence-electron chi connectivity index (χ1n) is 9.82. The standard InChI is InChI=1S/C22H16F5N3O4/c23-21(24)10-30(11-21)19(31)13-2-5-17(28-8-13)12-1-4-15(16(7-12)22(25,26)27)18-6-3-14(34-18)9-29-20(32)33/h1-8,29H,9-11H2,(H,32,33)/p-1. The molecule has 1 saturated heterocycles. The normalized spacial score (nSPS) is 15.0. The van der Waals surface area contributed by atoms with Crippen LogP contribution in [0.25, 0.3) is 22.6 Å². The van der Waals surface area contributed by atoms with Gasteiger partial charge in [0.05, 0.1) is 36.5 Å². The van der Waals surface area contributed by atoms with E-state index in [9.17, 15) is 36.6 Å². The van der Waals surface area contributed by atoms with Crippen molar-refractivity contribution in [2.75, 3.05) is 13.1 Å². The van der Waals surface area contributed by atoms with E-state index in [1.165, 1.54) is 36.4 Å². The molecule has 1 N–H and O–H groups in total. The van der Waals surface area contributed by atoms with Crippen molar-refractivity contribution in [2.24, 2.45) is 0 Å². The molecule has 4 rings (SSSR count). The molecule has 2 aromatic heterocycles. The summed E-state index contributed by atoms with van der Waals surface area (Å²) in [6.45, 7) is -1.66. The lowest BCUT2D eigenvalue weighted by molar-refractivity contribution is -0.251. The molecule has 7 nitrogen and oxygen atoms in total. The lowest BCUT2D eigenvalue weighted by atomic mass is 9.99. The number of furan rings is 1. The second-order valence-electron chi connectivity index (χ2n) is 7.61. The number of carbonyl (C=O) groups excluding carboxylic acids is 2. The van der Waals surface area contributed by atoms with E-state index in [1.807, 2.05) is 5.32 Å². The van der Waals surface area contributed by atoms with Crippen molar-refractivity contribution < 1.29 is 41.1 Å². The smallest absolute Gasteiger partial charge is 0.417 e. The van der Waals surface area contributed by atoms with Gasteiger partial charge in [-0.05, 0) is 36.4 Å². The van der Waals surface area contributed by atoms with Crippen molar-refractivity contribution in [3.05, 3.63) is 65.5 Å². The number of hydrogen-bond donors (Lipinski definition) is 1. The molecular weight excluding hydrogens is 465 g/mol. The Morgan fingerprint density at radius 1 is 1.12 bits per heavy atom. The zero-order chi connectivity index (χ0) is 24.7. The van der Waals surface area contributed by atoms with Gasteiger partial charge in [-0.2, -0.15) is 13.2 Å². The summed E-state index contributed by atoms with van der Waals surface area (Å²) in [5, 5.41) is 12.4. The monoisotopic (exact) mass is 480 g/mol. The number of pyridine rings is 1. The van der Waals surface area contributed by atoms with Gasteiger partial charge in [-0.1, -0.05) is 6.07 Å². The number of aromatic nitrogens is 1. The van der Waals surface area contributed by atoms with Crippen molar-refractivity contribution in [1.29, 1.82) is 0 Å². The number of benzene rings is 1. The van der Waals surface area contributed by atoms with Gasteiger partial charge in [0.1, 0.15) is 17.6 Å². The van der Waals surface area contributed by atoms with E-state index < -0.39 is 42.8 Å². The topological polar surface area (TPSA) is 98.5 Å². The maximum absolute atomic E-state index is 13.8. The fourth-order valence-corrected chi connectivity index (χ4v) is 3.46. The molecule has 3 aromatic rings. The van der Waals surface area contributed by atoms with Crippen molar-refractivity contribution in [3.8, 4) is 22.6 Å². The largest absolute Gasteiger partial charge is 0.530 e. The van der Waals surface area contributed by atoms with E-state index in [0.717, 1.165) is 17.2 Å². The van der Waals surface area contributed by atoms with E-state index in [0.29, 0.717) is 0 Å². The Balaban J connectivity index is 1.59. The van der Waals surface area contributed by atoms with Crippen molar-refractivity contribution in [2.45, 2.75) is 18.6 Å². The third-order valence-corrected chi connectivity index (χ3v) is 5.10. The third kappa shape index (κ3) is 4.85. The van der Waals surface area contributed by atoms with E-state index in [-0.39, 0.29) is 40.4 Å². The van der Waals surface area contributed by atoms with Crippen LogP contribution in [-0.2, 0) is 12.7 Å². The fraction of sp³-hybridized carbons (Fsp3) is 0.227. The van der Waals surface area contributed by atoms with Gasteiger partial charge in [0.15, 0.2) is 0 Å². The Bertz CT molecular complexity index is 1230. The number of likely N-dealkylation sites (tertiary alicyclic amines) is 1. The van der Waals surface area contributed by atoms with Crippen LogP contribution >= 0.6 is 0 Å². The van der Waals surface area contributed by atoms with E-state index in [1.54, 1.807) is 0 Å². The summed E-state index contributed by atoms with van der Waals surface area (Å²) in [5.41, 5.74) is -0.984. The molecule has 3 heterocycles. The maximum atomic E-state index is 13.8. The number of halogens is 5. The summed E-state index contributed by atoms with van der Waals surface area (Å²) >= 11 is 0. The molecule has 0 radical (unpaired) electrons. The molecule has 0 bridgehead atoms. The highest BCUT2D eigenvalue weighted by Crippen LogP contribution is 2.40. The Kier molecular flexibility index (Phi) is 5.75. The summed E-state index contributed by atoms with van der Waals surface area (Å²) in [5.74, 6) is -3.58. The third-order valence-electron chi connectivity index (χ3n) is 5.10. The van der Waals surface area contributed by atoms with Crippen molar-refractivity contribution >= 4 is 12.0 Å². The minimum Gasteiger partial charge on any atom is -0.530 e. The minimum absolute atomic E-state index is 0.0419. The molecule has 0 spiro atoms. The summed E-state index contributed by atoms with van der Waals surface area (Å²) in [4.78, 5) is 27.6. The van der Waals surface area contributed by atoms with Gasteiger partial charge in [-0.3, -0.25) is 9.78 Å². The van der Waals surface area contributed by atoms with Crippen LogP contribution in [0, 0.1) is 0 Å². The average Bonchev–Trinajstić information content (AvgIpc) is 3.23. The van der Waals surface area contributed by atoms with Gasteiger partial charge in [0, 0.05) is 17.3 Å². The van der Waals surface area contributed by atoms with Gasteiger partial charge in [0.2, 0.25) is 0 Å². The Labute approximate surface area is 188 Å². The highest BCUT2D eigenvalue weighted by atomic mass is 19.4. The molecule has 178 valence electrons. The van der Waals surface area contributed by atoms with Crippen LogP contribution in [0.5, 0.6) is 0 Å². The lowest BCUT2D eigenvalue weighted by Gasteiger charge is -2.38. The van der Waals surface area contributed by atoms with Crippen molar-refractivity contribution in [1.82, 2.24) is 15.2 Å². The highest BCUT2D eigenvalue weighted by molar-refractivity contribution is 5.94. The van der Waals surface area contributed by atoms with Gasteiger partial charge >= 0.3 is 6.18 Å². The molecule has 0 aliphatic carbocycles. The number of rotatable bonds is 5. The summed E-state index contributed by atoms with van der Waals surface area (Å²) in [7, 11) is 0. The Morgan fingerprint density at radius 2 is 1.85 bits per heavy atom. The number of nitrogens with one attached hydrogen (secondary N) is 1. The fourth-order valence-electron chi connectivity index (χ4n) is 3.46. The van der Waals surface area contributed by atoms with E-state index in [2.05, 4.69) is 4.98 Å². The van der Waals surface area contributed by atoms with Crippen LogP contribution in [0.2, 0.25) is 0 Å². The molecule has 0 saturated carbocycles. The van der Waals surface area contributed by atoms with Crippen LogP contribution in [0.15, 0.2) is 53.1 Å². The number of alkyl halides is 5. The van der Waals surface area contributed by atoms with Gasteiger partial charge < -0.3 is 24.5 Å². The number of amides is 2. The minimum atomic E-state index is -4.75. The molecular formula is C22H15F5N3O4-. The van der Waals surface area contributed by atoms with E-state index >= 15 is 0 Å². The van der Waals surface area contributed by atoms with Crippen LogP contribution < -0.4 is 10.4 Å². The molecule has 1 aliphatic rings. The maximum Gasteiger partial charge on any atom is 0.417 e.